The maximum Gasteiger partial charge on any atom is 0.101 e. The van der Waals surface area contributed by atoms with E-state index in [1.807, 2.05) is 0 Å². The summed E-state index contributed by atoms with van der Waals surface area (Å²) in [5, 5.41) is 0. The summed E-state index contributed by atoms with van der Waals surface area (Å²) < 4.78 is 6.32. The average Bonchev–Trinajstić information content (AvgIpc) is 3.27. The molecule has 17 heavy (non-hydrogen) atoms. The van der Waals surface area contributed by atoms with Gasteiger partial charge in [0.2, 0.25) is 0 Å². The van der Waals surface area contributed by atoms with Gasteiger partial charge in [0.1, 0.15) is 5.60 Å². The van der Waals surface area contributed by atoms with E-state index in [0.29, 0.717) is 11.2 Å². The minimum absolute atomic E-state index is 0.376. The third-order valence-electron chi connectivity index (χ3n) is 5.48. The highest BCUT2D eigenvalue weighted by atomic mass is 16.6. The lowest BCUT2D eigenvalue weighted by molar-refractivity contribution is 0.160. The summed E-state index contributed by atoms with van der Waals surface area (Å²) in [5.74, 6) is 0.917. The quantitative estimate of drug-likeness (QED) is 0.475. The van der Waals surface area contributed by atoms with Crippen molar-refractivity contribution in [1.82, 2.24) is 0 Å². The number of ether oxygens (including phenoxy) is 1. The average molecular weight is 236 g/mol. The fourth-order valence-electron chi connectivity index (χ4n) is 4.28. The van der Waals surface area contributed by atoms with Gasteiger partial charge in [0, 0.05) is 0 Å². The molecule has 1 nitrogen and oxygen atoms in total. The van der Waals surface area contributed by atoms with E-state index in [4.69, 9.17) is 4.74 Å². The molecule has 2 aliphatic carbocycles. The first-order chi connectivity index (χ1) is 8.33. The Bertz CT molecular complexity index is 263. The highest BCUT2D eigenvalue weighted by Crippen LogP contribution is 2.71. The highest BCUT2D eigenvalue weighted by molar-refractivity contribution is 5.26. The van der Waals surface area contributed by atoms with Crippen molar-refractivity contribution in [3.8, 4) is 0 Å². The van der Waals surface area contributed by atoms with Crippen LogP contribution in [0.5, 0.6) is 0 Å². The smallest absolute Gasteiger partial charge is 0.101 e. The first-order valence-corrected chi connectivity index (χ1v) is 8.03. The van der Waals surface area contributed by atoms with Crippen LogP contribution in [0, 0.1) is 5.92 Å². The number of hydrogen-bond acceptors (Lipinski definition) is 1. The summed E-state index contributed by atoms with van der Waals surface area (Å²) in [6.07, 6.45) is 17.0. The Balaban J connectivity index is 1.55. The fraction of sp³-hybridized carbons (Fsp3) is 1.00. The number of epoxide rings is 1. The molecule has 0 aromatic rings. The molecule has 0 N–H and O–H groups in total. The molecule has 1 heterocycles. The summed E-state index contributed by atoms with van der Waals surface area (Å²) in [5.41, 5.74) is 0.794. The Morgan fingerprint density at radius 1 is 1.00 bits per heavy atom. The molecule has 98 valence electrons. The first-order valence-electron chi connectivity index (χ1n) is 8.03. The van der Waals surface area contributed by atoms with Crippen LogP contribution in [-0.4, -0.2) is 11.2 Å². The maximum atomic E-state index is 6.32. The maximum absolute atomic E-state index is 6.32. The van der Waals surface area contributed by atoms with Crippen molar-refractivity contribution >= 4 is 0 Å². The monoisotopic (exact) mass is 236 g/mol. The van der Waals surface area contributed by atoms with Gasteiger partial charge in [0.15, 0.2) is 0 Å². The zero-order chi connectivity index (χ0) is 11.8. The van der Waals surface area contributed by atoms with Crippen LogP contribution >= 0.6 is 0 Å². The van der Waals surface area contributed by atoms with Crippen LogP contribution in [0.15, 0.2) is 0 Å². The van der Waals surface area contributed by atoms with Crippen LogP contribution in [0.2, 0.25) is 0 Å². The van der Waals surface area contributed by atoms with Gasteiger partial charge in [0.05, 0.1) is 5.60 Å². The van der Waals surface area contributed by atoms with Crippen molar-refractivity contribution in [3.63, 3.8) is 0 Å². The van der Waals surface area contributed by atoms with Crippen LogP contribution < -0.4 is 0 Å². The van der Waals surface area contributed by atoms with Crippen LogP contribution in [-0.2, 0) is 4.74 Å². The lowest BCUT2D eigenvalue weighted by Gasteiger charge is -2.28. The minimum Gasteiger partial charge on any atom is -0.362 e. The van der Waals surface area contributed by atoms with E-state index in [1.165, 1.54) is 77.0 Å². The molecule has 0 amide bonds. The molecule has 1 heteroatoms. The summed E-state index contributed by atoms with van der Waals surface area (Å²) in [4.78, 5) is 0. The third-order valence-corrected chi connectivity index (χ3v) is 5.48. The van der Waals surface area contributed by atoms with Crippen molar-refractivity contribution in [1.29, 1.82) is 0 Å². The molecule has 1 spiro atoms. The topological polar surface area (TPSA) is 12.5 Å². The Hall–Kier alpha value is -0.0400. The molecule has 1 aliphatic heterocycles. The van der Waals surface area contributed by atoms with Crippen LogP contribution in [0.1, 0.15) is 84.0 Å². The molecule has 1 atom stereocenters. The van der Waals surface area contributed by atoms with Gasteiger partial charge in [-0.1, -0.05) is 51.9 Å². The second-order valence-electron chi connectivity index (χ2n) is 6.63. The standard InChI is InChI=1S/C16H28O/c1-2-3-4-8-11-16(15(17-16)12-13-15)14-9-6-5-7-10-14/h14H,2-13H2,1H3. The zero-order valence-electron chi connectivity index (χ0n) is 11.5. The van der Waals surface area contributed by atoms with Gasteiger partial charge in [-0.3, -0.25) is 0 Å². The number of rotatable bonds is 6. The first kappa shape index (κ1) is 12.0. The number of unbranched alkanes of at least 4 members (excludes halogenated alkanes) is 3. The van der Waals surface area contributed by atoms with Gasteiger partial charge in [0.25, 0.3) is 0 Å². The Morgan fingerprint density at radius 3 is 2.35 bits per heavy atom. The van der Waals surface area contributed by atoms with Crippen LogP contribution in [0.4, 0.5) is 0 Å². The van der Waals surface area contributed by atoms with Crippen molar-refractivity contribution in [3.05, 3.63) is 0 Å². The molecular weight excluding hydrogens is 208 g/mol. The van der Waals surface area contributed by atoms with E-state index >= 15 is 0 Å². The van der Waals surface area contributed by atoms with Crippen molar-refractivity contribution < 1.29 is 4.74 Å². The molecule has 0 aromatic carbocycles. The van der Waals surface area contributed by atoms with Gasteiger partial charge < -0.3 is 4.74 Å². The van der Waals surface area contributed by atoms with Crippen molar-refractivity contribution in [2.24, 2.45) is 5.92 Å². The van der Waals surface area contributed by atoms with Gasteiger partial charge in [-0.25, -0.2) is 0 Å². The van der Waals surface area contributed by atoms with E-state index in [2.05, 4.69) is 6.92 Å². The lowest BCUT2D eigenvalue weighted by Crippen LogP contribution is -2.29. The molecule has 3 aliphatic rings. The molecule has 3 fully saturated rings. The van der Waals surface area contributed by atoms with Crippen LogP contribution in [0.25, 0.3) is 0 Å². The van der Waals surface area contributed by atoms with Gasteiger partial charge >= 0.3 is 0 Å². The van der Waals surface area contributed by atoms with E-state index in [1.54, 1.807) is 0 Å². The highest BCUT2D eigenvalue weighted by Gasteiger charge is 2.78. The molecule has 3 rings (SSSR count). The lowest BCUT2D eigenvalue weighted by atomic mass is 9.75. The Morgan fingerprint density at radius 2 is 1.76 bits per heavy atom. The summed E-state index contributed by atoms with van der Waals surface area (Å²) in [6.45, 7) is 2.30. The third kappa shape index (κ3) is 2.05. The molecule has 0 radical (unpaired) electrons. The van der Waals surface area contributed by atoms with Crippen molar-refractivity contribution in [2.75, 3.05) is 0 Å². The largest absolute Gasteiger partial charge is 0.362 e. The molecular formula is C16H28O. The predicted molar refractivity (Wildman–Crippen MR) is 71.1 cm³/mol. The molecule has 0 bridgehead atoms. The van der Waals surface area contributed by atoms with E-state index in [-0.39, 0.29) is 0 Å². The summed E-state index contributed by atoms with van der Waals surface area (Å²) in [7, 11) is 0. The van der Waals surface area contributed by atoms with Gasteiger partial charge in [-0.2, -0.15) is 0 Å². The fourth-order valence-corrected chi connectivity index (χ4v) is 4.28. The second kappa shape index (κ2) is 4.57. The van der Waals surface area contributed by atoms with E-state index < -0.39 is 0 Å². The second-order valence-corrected chi connectivity index (χ2v) is 6.63. The van der Waals surface area contributed by atoms with Gasteiger partial charge in [-0.05, 0) is 38.0 Å². The molecule has 1 unspecified atom stereocenters. The molecule has 1 saturated heterocycles. The summed E-state index contributed by atoms with van der Waals surface area (Å²) >= 11 is 0. The molecule has 0 aromatic heterocycles. The molecule has 2 saturated carbocycles. The van der Waals surface area contributed by atoms with Crippen molar-refractivity contribution in [2.45, 2.75) is 95.2 Å². The Kier molecular flexibility index (Phi) is 3.23. The Labute approximate surface area is 106 Å². The zero-order valence-corrected chi connectivity index (χ0v) is 11.5. The summed E-state index contributed by atoms with van der Waals surface area (Å²) in [6, 6.07) is 0. The van der Waals surface area contributed by atoms with Crippen LogP contribution in [0.3, 0.4) is 0 Å². The van der Waals surface area contributed by atoms with E-state index in [0.717, 1.165) is 5.92 Å². The number of hydrogen-bond donors (Lipinski definition) is 0. The predicted octanol–water partition coefficient (Wildman–Crippen LogP) is 4.84. The normalized spacial score (nSPS) is 35.1. The minimum atomic E-state index is 0.376. The van der Waals surface area contributed by atoms with Gasteiger partial charge in [-0.15, -0.1) is 0 Å². The SMILES string of the molecule is CCCCCCC1(C2CCCCC2)OC12CC2. The van der Waals surface area contributed by atoms with E-state index in [9.17, 15) is 0 Å².